The van der Waals surface area contributed by atoms with E-state index < -0.39 is 0 Å². The summed E-state index contributed by atoms with van der Waals surface area (Å²) in [5, 5.41) is 3.10. The highest BCUT2D eigenvalue weighted by molar-refractivity contribution is 14.0. The second kappa shape index (κ2) is 7.45. The highest BCUT2D eigenvalue weighted by atomic mass is 127. The molecule has 0 atom stereocenters. The molecule has 0 spiro atoms. The number of nitrogens with two attached hydrogens (primary N) is 1. The molecular weight excluding hydrogens is 401 g/mol. The molecule has 0 saturated heterocycles. The number of aliphatic imine (C=N–C) groups is 1. The van der Waals surface area contributed by atoms with Crippen LogP contribution in [0.3, 0.4) is 0 Å². The topological polar surface area (TPSA) is 68.2 Å². The van der Waals surface area contributed by atoms with Crippen LogP contribution in [0.4, 0.5) is 5.69 Å². The molecule has 0 radical (unpaired) electrons. The first-order chi connectivity index (χ1) is 10.6. The number of guanidine groups is 1. The maximum absolute atomic E-state index is 5.95. The molecule has 1 heterocycles. The molecule has 23 heavy (non-hydrogen) atoms. The summed E-state index contributed by atoms with van der Waals surface area (Å²) in [5.41, 5.74) is 10.1. The summed E-state index contributed by atoms with van der Waals surface area (Å²) in [7, 11) is 1.99. The largest absolute Gasteiger partial charge is 0.370 e. The van der Waals surface area contributed by atoms with Crippen molar-refractivity contribution < 1.29 is 0 Å². The number of para-hydroxylation sites is 2. The van der Waals surface area contributed by atoms with Crippen molar-refractivity contribution in [3.8, 4) is 0 Å². The van der Waals surface area contributed by atoms with E-state index >= 15 is 0 Å². The van der Waals surface area contributed by atoms with Gasteiger partial charge in [-0.05, 0) is 36.8 Å². The van der Waals surface area contributed by atoms with Gasteiger partial charge in [-0.1, -0.05) is 24.3 Å². The predicted molar refractivity (Wildman–Crippen MR) is 106 cm³/mol. The Hall–Kier alpha value is -2.09. The maximum Gasteiger partial charge on any atom is 0.193 e. The monoisotopic (exact) mass is 421 g/mol. The van der Waals surface area contributed by atoms with Gasteiger partial charge in [-0.3, -0.25) is 0 Å². The zero-order chi connectivity index (χ0) is 15.5. The lowest BCUT2D eigenvalue weighted by molar-refractivity contribution is 0.812. The predicted octanol–water partition coefficient (Wildman–Crippen LogP) is 3.43. The van der Waals surface area contributed by atoms with E-state index in [0.29, 0.717) is 12.5 Å². The van der Waals surface area contributed by atoms with Crippen LogP contribution in [0.15, 0.2) is 53.5 Å². The number of halogens is 1. The fourth-order valence-corrected chi connectivity index (χ4v) is 2.40. The smallest absolute Gasteiger partial charge is 0.193 e. The fraction of sp³-hybridized carbons (Fsp3) is 0.176. The SMILES string of the molecule is Cc1cccc(NC(N)=NCc2nc3ccccc3n2C)c1.I. The summed E-state index contributed by atoms with van der Waals surface area (Å²) in [5.74, 6) is 1.27. The van der Waals surface area contributed by atoms with Gasteiger partial charge in [0.05, 0.1) is 11.0 Å². The molecule has 6 heteroatoms. The lowest BCUT2D eigenvalue weighted by Crippen LogP contribution is -2.22. The molecule has 0 unspecified atom stereocenters. The number of nitrogens with zero attached hydrogens (tertiary/aromatic N) is 3. The number of benzene rings is 2. The van der Waals surface area contributed by atoms with Crippen LogP contribution in [-0.4, -0.2) is 15.5 Å². The molecule has 0 amide bonds. The van der Waals surface area contributed by atoms with Crippen molar-refractivity contribution in [3.05, 3.63) is 59.9 Å². The van der Waals surface area contributed by atoms with Gasteiger partial charge in [-0.2, -0.15) is 0 Å². The van der Waals surface area contributed by atoms with Crippen molar-refractivity contribution in [2.45, 2.75) is 13.5 Å². The summed E-state index contributed by atoms with van der Waals surface area (Å²) >= 11 is 0. The van der Waals surface area contributed by atoms with Crippen molar-refractivity contribution in [2.24, 2.45) is 17.8 Å². The zero-order valence-corrected chi connectivity index (χ0v) is 15.5. The van der Waals surface area contributed by atoms with Gasteiger partial charge >= 0.3 is 0 Å². The zero-order valence-electron chi connectivity index (χ0n) is 13.2. The minimum atomic E-state index is 0. The van der Waals surface area contributed by atoms with E-state index in [1.165, 1.54) is 5.56 Å². The molecule has 3 N–H and O–H groups in total. The van der Waals surface area contributed by atoms with E-state index in [1.807, 2.05) is 67.1 Å². The number of fused-ring (bicyclic) bond motifs is 1. The number of aromatic nitrogens is 2. The Morgan fingerprint density at radius 2 is 2.00 bits per heavy atom. The van der Waals surface area contributed by atoms with Crippen molar-refractivity contribution in [1.29, 1.82) is 0 Å². The van der Waals surface area contributed by atoms with Crippen molar-refractivity contribution in [2.75, 3.05) is 5.32 Å². The van der Waals surface area contributed by atoms with Gasteiger partial charge < -0.3 is 15.6 Å². The third-order valence-electron chi connectivity index (χ3n) is 3.56. The minimum absolute atomic E-state index is 0. The highest BCUT2D eigenvalue weighted by Gasteiger charge is 2.06. The summed E-state index contributed by atoms with van der Waals surface area (Å²) in [6.07, 6.45) is 0. The van der Waals surface area contributed by atoms with E-state index in [1.54, 1.807) is 0 Å². The maximum atomic E-state index is 5.95. The van der Waals surface area contributed by atoms with Gasteiger partial charge in [0.25, 0.3) is 0 Å². The number of rotatable bonds is 3. The summed E-state index contributed by atoms with van der Waals surface area (Å²) in [6, 6.07) is 16.0. The van der Waals surface area contributed by atoms with Crippen LogP contribution >= 0.6 is 24.0 Å². The molecule has 0 saturated carbocycles. The molecule has 0 fully saturated rings. The first kappa shape index (κ1) is 17.3. The minimum Gasteiger partial charge on any atom is -0.370 e. The number of hydrogen-bond acceptors (Lipinski definition) is 2. The molecular formula is C17H20IN5. The van der Waals surface area contributed by atoms with Crippen molar-refractivity contribution >= 4 is 46.7 Å². The molecule has 0 aliphatic carbocycles. The van der Waals surface area contributed by atoms with Gasteiger partial charge in [-0.15, -0.1) is 24.0 Å². The summed E-state index contributed by atoms with van der Waals surface area (Å²) < 4.78 is 2.04. The van der Waals surface area contributed by atoms with Crippen LogP contribution in [0.2, 0.25) is 0 Å². The number of anilines is 1. The van der Waals surface area contributed by atoms with Crippen LogP contribution in [-0.2, 0) is 13.6 Å². The van der Waals surface area contributed by atoms with Crippen LogP contribution in [0.5, 0.6) is 0 Å². The summed E-state index contributed by atoms with van der Waals surface area (Å²) in [4.78, 5) is 8.95. The first-order valence-corrected chi connectivity index (χ1v) is 7.17. The number of imidazole rings is 1. The normalized spacial score (nSPS) is 11.3. The van der Waals surface area contributed by atoms with E-state index in [0.717, 1.165) is 22.5 Å². The van der Waals surface area contributed by atoms with Crippen LogP contribution < -0.4 is 11.1 Å². The number of aryl methyl sites for hydroxylation is 2. The third-order valence-corrected chi connectivity index (χ3v) is 3.56. The number of hydrogen-bond donors (Lipinski definition) is 2. The Labute approximate surface area is 152 Å². The Kier molecular flexibility index (Phi) is 5.59. The van der Waals surface area contributed by atoms with Crippen LogP contribution in [0, 0.1) is 6.92 Å². The second-order valence-corrected chi connectivity index (χ2v) is 5.27. The third kappa shape index (κ3) is 4.01. The van der Waals surface area contributed by atoms with Crippen molar-refractivity contribution in [3.63, 3.8) is 0 Å². The lowest BCUT2D eigenvalue weighted by Gasteiger charge is -2.06. The first-order valence-electron chi connectivity index (χ1n) is 7.17. The van der Waals surface area contributed by atoms with E-state index in [-0.39, 0.29) is 24.0 Å². The molecule has 3 rings (SSSR count). The molecule has 0 aliphatic heterocycles. The standard InChI is InChI=1S/C17H19N5.HI/c1-12-6-5-7-13(10-12)20-17(18)19-11-16-21-14-8-3-4-9-15(14)22(16)2;/h3-10H,11H2,1-2H3,(H3,18,19,20);1H. The second-order valence-electron chi connectivity index (χ2n) is 5.27. The molecule has 0 aliphatic rings. The molecule has 2 aromatic carbocycles. The molecule has 0 bridgehead atoms. The van der Waals surface area contributed by atoms with Crippen molar-refractivity contribution in [1.82, 2.24) is 9.55 Å². The van der Waals surface area contributed by atoms with Gasteiger partial charge in [0.15, 0.2) is 5.96 Å². The van der Waals surface area contributed by atoms with Gasteiger partial charge in [0.1, 0.15) is 12.4 Å². The molecule has 3 aromatic rings. The van der Waals surface area contributed by atoms with Gasteiger partial charge in [0.2, 0.25) is 0 Å². The number of nitrogens with one attached hydrogen (secondary N) is 1. The average Bonchev–Trinajstić information content (AvgIpc) is 2.82. The van der Waals surface area contributed by atoms with Crippen LogP contribution in [0.1, 0.15) is 11.4 Å². The Morgan fingerprint density at radius 1 is 1.22 bits per heavy atom. The van der Waals surface area contributed by atoms with Crippen LogP contribution in [0.25, 0.3) is 11.0 Å². The Morgan fingerprint density at radius 3 is 2.74 bits per heavy atom. The molecule has 5 nitrogen and oxygen atoms in total. The Balaban J connectivity index is 0.00000192. The van der Waals surface area contributed by atoms with Gasteiger partial charge in [-0.25, -0.2) is 9.98 Å². The average molecular weight is 421 g/mol. The van der Waals surface area contributed by atoms with Gasteiger partial charge in [0, 0.05) is 12.7 Å². The van der Waals surface area contributed by atoms with E-state index in [9.17, 15) is 0 Å². The molecule has 120 valence electrons. The Bertz CT molecular complexity index is 838. The fourth-order valence-electron chi connectivity index (χ4n) is 2.40. The van der Waals surface area contributed by atoms with E-state index in [2.05, 4.69) is 15.3 Å². The summed E-state index contributed by atoms with van der Waals surface area (Å²) in [6.45, 7) is 2.48. The highest BCUT2D eigenvalue weighted by Crippen LogP contribution is 2.15. The van der Waals surface area contributed by atoms with E-state index in [4.69, 9.17) is 5.73 Å². The quantitative estimate of drug-likeness (QED) is 0.387. The lowest BCUT2D eigenvalue weighted by atomic mass is 10.2. The molecule has 1 aromatic heterocycles.